The van der Waals surface area contributed by atoms with E-state index in [2.05, 4.69) is 5.16 Å². The van der Waals surface area contributed by atoms with Gasteiger partial charge < -0.3 is 15.7 Å². The minimum atomic E-state index is -4.36. The van der Waals surface area contributed by atoms with Crippen LogP contribution in [0.15, 0.2) is 29.4 Å². The largest absolute Gasteiger partial charge is 0.416 e. The molecule has 0 saturated carbocycles. The van der Waals surface area contributed by atoms with E-state index in [1.165, 1.54) is 12.1 Å². The topological polar surface area (TPSA) is 67.8 Å². The smallest absolute Gasteiger partial charge is 0.396 e. The summed E-state index contributed by atoms with van der Waals surface area (Å²) in [7, 11) is 0. The highest BCUT2D eigenvalue weighted by molar-refractivity contribution is 6.00. The molecule has 0 aliphatic carbocycles. The van der Waals surface area contributed by atoms with E-state index >= 15 is 0 Å². The number of nitrogens with zero attached hydrogens (tertiary/aromatic N) is 1. The van der Waals surface area contributed by atoms with Crippen molar-refractivity contribution >= 4 is 5.71 Å². The van der Waals surface area contributed by atoms with E-state index in [4.69, 9.17) is 15.7 Å². The maximum absolute atomic E-state index is 12.5. The zero-order valence-corrected chi connectivity index (χ0v) is 11.6. The third-order valence-corrected chi connectivity index (χ3v) is 2.75. The van der Waals surface area contributed by atoms with Crippen LogP contribution in [0.1, 0.15) is 30.4 Å². The predicted octanol–water partition coefficient (Wildman–Crippen LogP) is 2.55. The van der Waals surface area contributed by atoms with Crippen LogP contribution in [0.3, 0.4) is 0 Å². The molecule has 0 atom stereocenters. The molecule has 0 unspecified atom stereocenters. The number of rotatable bonds is 8. The molecule has 1 rings (SSSR count). The van der Waals surface area contributed by atoms with Crippen LogP contribution in [0.5, 0.6) is 0 Å². The maximum atomic E-state index is 12.5. The van der Waals surface area contributed by atoms with Gasteiger partial charge in [-0.15, -0.1) is 0 Å². The quantitative estimate of drug-likeness (QED) is 0.440. The second-order valence-electron chi connectivity index (χ2n) is 4.42. The van der Waals surface area contributed by atoms with Gasteiger partial charge in [-0.05, 0) is 37.0 Å². The Kier molecular flexibility index (Phi) is 7.18. The molecule has 118 valence electrons. The van der Waals surface area contributed by atoms with Gasteiger partial charge in [0.1, 0.15) is 6.61 Å². The molecule has 0 spiro atoms. The van der Waals surface area contributed by atoms with Gasteiger partial charge in [0, 0.05) is 13.2 Å². The van der Waals surface area contributed by atoms with Gasteiger partial charge in [-0.2, -0.15) is 13.2 Å². The van der Waals surface area contributed by atoms with Gasteiger partial charge in [-0.3, -0.25) is 0 Å². The van der Waals surface area contributed by atoms with Crippen LogP contribution in [0.2, 0.25) is 0 Å². The maximum Gasteiger partial charge on any atom is 0.416 e. The Morgan fingerprint density at radius 1 is 1.19 bits per heavy atom. The lowest BCUT2D eigenvalue weighted by molar-refractivity contribution is -0.137. The first-order valence-electron chi connectivity index (χ1n) is 6.66. The summed E-state index contributed by atoms with van der Waals surface area (Å²) >= 11 is 0. The number of hydrogen-bond acceptors (Lipinski definition) is 4. The lowest BCUT2D eigenvalue weighted by atomic mass is 10.0. The number of aliphatic hydroxyl groups is 1. The van der Waals surface area contributed by atoms with E-state index in [0.29, 0.717) is 37.1 Å². The Balaban J connectivity index is 2.83. The Morgan fingerprint density at radius 2 is 1.86 bits per heavy atom. The van der Waals surface area contributed by atoms with Crippen LogP contribution >= 0.6 is 0 Å². The average molecular weight is 304 g/mol. The summed E-state index contributed by atoms with van der Waals surface area (Å²) in [5, 5.41) is 12.7. The lowest BCUT2D eigenvalue weighted by Crippen LogP contribution is -2.09. The number of halogens is 3. The predicted molar refractivity (Wildman–Crippen MR) is 73.9 cm³/mol. The van der Waals surface area contributed by atoms with Gasteiger partial charge >= 0.3 is 6.18 Å². The molecular weight excluding hydrogens is 285 g/mol. The van der Waals surface area contributed by atoms with Crippen LogP contribution in [0.4, 0.5) is 13.2 Å². The Labute approximate surface area is 121 Å². The van der Waals surface area contributed by atoms with Crippen LogP contribution in [0, 0.1) is 0 Å². The molecular formula is C14H19F3N2O2. The molecule has 1 aromatic rings. The molecule has 0 aliphatic heterocycles. The Hall–Kier alpha value is -1.60. The molecule has 0 bridgehead atoms. The number of alkyl halides is 3. The highest BCUT2D eigenvalue weighted by Gasteiger charge is 2.30. The second-order valence-corrected chi connectivity index (χ2v) is 4.42. The summed E-state index contributed by atoms with van der Waals surface area (Å²) in [6.45, 7) is 0.606. The number of nitrogens with two attached hydrogens (primary N) is 1. The number of unbranched alkanes of at least 4 members (excludes halogenated alkanes) is 1. The third-order valence-electron chi connectivity index (χ3n) is 2.75. The SMILES string of the molecule is NCCO/N=C(/CCCCO)c1ccc(C(F)(F)F)cc1. The molecule has 7 heteroatoms. The van der Waals surface area contributed by atoms with Gasteiger partial charge in [0.2, 0.25) is 0 Å². The van der Waals surface area contributed by atoms with Gasteiger partial charge in [0.15, 0.2) is 0 Å². The monoisotopic (exact) mass is 304 g/mol. The summed E-state index contributed by atoms with van der Waals surface area (Å²) in [6, 6.07) is 4.76. The molecule has 0 aromatic heterocycles. The van der Waals surface area contributed by atoms with Gasteiger partial charge in [0.25, 0.3) is 0 Å². The zero-order valence-electron chi connectivity index (χ0n) is 11.6. The minimum absolute atomic E-state index is 0.0595. The first-order valence-corrected chi connectivity index (χ1v) is 6.66. The van der Waals surface area contributed by atoms with Gasteiger partial charge in [0.05, 0.1) is 11.3 Å². The summed E-state index contributed by atoms with van der Waals surface area (Å²) in [5.41, 5.74) is 5.70. The molecule has 0 saturated heterocycles. The lowest BCUT2D eigenvalue weighted by Gasteiger charge is -2.09. The van der Waals surface area contributed by atoms with Crippen molar-refractivity contribution in [3.05, 3.63) is 35.4 Å². The van der Waals surface area contributed by atoms with Gasteiger partial charge in [-0.25, -0.2) is 0 Å². The molecule has 0 amide bonds. The summed E-state index contributed by atoms with van der Waals surface area (Å²) < 4.78 is 37.6. The standard InChI is InChI=1S/C14H19F3N2O2/c15-14(16,17)12-6-4-11(5-7-12)13(3-1-2-9-20)19-21-10-8-18/h4-7,20H,1-3,8-10,18H2/b19-13-. The average Bonchev–Trinajstić information content (AvgIpc) is 2.45. The number of benzene rings is 1. The molecule has 0 heterocycles. The van der Waals surface area contributed by atoms with E-state index in [1.807, 2.05) is 0 Å². The molecule has 21 heavy (non-hydrogen) atoms. The van der Waals surface area contributed by atoms with Crippen molar-refractivity contribution in [2.45, 2.75) is 25.4 Å². The molecule has 0 radical (unpaired) electrons. The highest BCUT2D eigenvalue weighted by atomic mass is 19.4. The fraction of sp³-hybridized carbons (Fsp3) is 0.500. The molecule has 3 N–H and O–H groups in total. The van der Waals surface area contributed by atoms with E-state index < -0.39 is 11.7 Å². The Bertz CT molecular complexity index is 445. The molecule has 0 fully saturated rings. The number of hydrogen-bond donors (Lipinski definition) is 2. The van der Waals surface area contributed by atoms with Crippen LogP contribution in [0.25, 0.3) is 0 Å². The van der Waals surface area contributed by atoms with Crippen LogP contribution in [-0.4, -0.2) is 30.6 Å². The third kappa shape index (κ3) is 6.14. The van der Waals surface area contributed by atoms with E-state index in [0.717, 1.165) is 12.1 Å². The van der Waals surface area contributed by atoms with Crippen molar-refractivity contribution in [3.63, 3.8) is 0 Å². The first kappa shape index (κ1) is 17.5. The normalized spacial score (nSPS) is 12.5. The van der Waals surface area contributed by atoms with Crippen molar-refractivity contribution < 1.29 is 23.1 Å². The fourth-order valence-corrected chi connectivity index (χ4v) is 1.67. The van der Waals surface area contributed by atoms with E-state index in [1.54, 1.807) is 0 Å². The summed E-state index contributed by atoms with van der Waals surface area (Å²) in [5.74, 6) is 0. The molecule has 0 aliphatic rings. The van der Waals surface area contributed by atoms with Crippen LogP contribution < -0.4 is 5.73 Å². The molecule has 4 nitrogen and oxygen atoms in total. The van der Waals surface area contributed by atoms with Crippen molar-refractivity contribution in [1.82, 2.24) is 0 Å². The minimum Gasteiger partial charge on any atom is -0.396 e. The fourth-order valence-electron chi connectivity index (χ4n) is 1.67. The highest BCUT2D eigenvalue weighted by Crippen LogP contribution is 2.29. The Morgan fingerprint density at radius 3 is 2.38 bits per heavy atom. The zero-order chi connectivity index (χ0) is 15.7. The molecule has 1 aromatic carbocycles. The number of aliphatic hydroxyl groups excluding tert-OH is 1. The first-order chi connectivity index (χ1) is 9.99. The van der Waals surface area contributed by atoms with Gasteiger partial charge in [-0.1, -0.05) is 17.3 Å². The summed E-state index contributed by atoms with van der Waals surface area (Å²) in [4.78, 5) is 5.01. The van der Waals surface area contributed by atoms with Crippen molar-refractivity contribution in [2.75, 3.05) is 19.8 Å². The van der Waals surface area contributed by atoms with Crippen molar-refractivity contribution in [2.24, 2.45) is 10.9 Å². The van der Waals surface area contributed by atoms with Crippen LogP contribution in [-0.2, 0) is 11.0 Å². The second kappa shape index (κ2) is 8.63. The van der Waals surface area contributed by atoms with Crippen molar-refractivity contribution in [1.29, 1.82) is 0 Å². The van der Waals surface area contributed by atoms with E-state index in [-0.39, 0.29) is 13.2 Å². The number of oxime groups is 1. The van der Waals surface area contributed by atoms with E-state index in [9.17, 15) is 13.2 Å². The van der Waals surface area contributed by atoms with Crippen molar-refractivity contribution in [3.8, 4) is 0 Å². The summed E-state index contributed by atoms with van der Waals surface area (Å²) in [6.07, 6.45) is -2.59.